The minimum Gasteiger partial charge on any atom is -0.310 e. The molecule has 2 heterocycles. The average molecular weight is 221 g/mol. The van der Waals surface area contributed by atoms with Crippen molar-refractivity contribution in [3.8, 4) is 0 Å². The largest absolute Gasteiger partial charge is 0.310 e. The van der Waals surface area contributed by atoms with Crippen LogP contribution in [0.4, 0.5) is 5.82 Å². The van der Waals surface area contributed by atoms with Crippen LogP contribution in [0.5, 0.6) is 0 Å². The topological polar surface area (TPSA) is 64.0 Å². The van der Waals surface area contributed by atoms with Crippen LogP contribution in [0.3, 0.4) is 0 Å². The van der Waals surface area contributed by atoms with Crippen LogP contribution in [0, 0.1) is 5.92 Å². The molecule has 0 aromatic carbocycles. The number of rotatable bonds is 0. The number of fused-ring (bicyclic) bond motifs is 1. The molecule has 5 heteroatoms. The number of nitrogens with one attached hydrogen (secondary N) is 1. The van der Waals surface area contributed by atoms with Crippen LogP contribution >= 0.6 is 0 Å². The van der Waals surface area contributed by atoms with Gasteiger partial charge >= 0.3 is 0 Å². The van der Waals surface area contributed by atoms with Crippen LogP contribution in [0.1, 0.15) is 38.2 Å². The second-order valence-electron chi connectivity index (χ2n) is 5.13. The van der Waals surface area contributed by atoms with Crippen molar-refractivity contribution in [2.75, 3.05) is 5.32 Å². The molecule has 0 fully saturated rings. The molecule has 0 spiro atoms. The van der Waals surface area contributed by atoms with Gasteiger partial charge in [0, 0.05) is 11.5 Å². The number of anilines is 1. The van der Waals surface area contributed by atoms with E-state index in [1.165, 1.54) is 4.68 Å². The van der Waals surface area contributed by atoms with Gasteiger partial charge in [-0.25, -0.2) is 0 Å². The molecule has 0 saturated carbocycles. The Morgan fingerprint density at radius 3 is 2.56 bits per heavy atom. The molecule has 0 bridgehead atoms. The molecule has 1 amide bonds. The van der Waals surface area contributed by atoms with Crippen LogP contribution < -0.4 is 5.32 Å². The van der Waals surface area contributed by atoms with Crippen molar-refractivity contribution in [3.05, 3.63) is 11.8 Å². The molecule has 1 aromatic heterocycles. The molecule has 1 unspecified atom stereocenters. The Kier molecular flexibility index (Phi) is 2.15. The van der Waals surface area contributed by atoms with Gasteiger partial charge in [0.05, 0.1) is 5.69 Å². The predicted molar refractivity (Wildman–Crippen MR) is 59.3 cm³/mol. The normalized spacial score (nSPS) is 20.6. The van der Waals surface area contributed by atoms with E-state index in [1.807, 2.05) is 20.8 Å². The first-order valence-electron chi connectivity index (χ1n) is 5.26. The number of aromatic nitrogens is 2. The van der Waals surface area contributed by atoms with Crippen LogP contribution in [0.15, 0.2) is 6.07 Å². The minimum absolute atomic E-state index is 0.140. The number of hydrogen-bond acceptors (Lipinski definition) is 3. The van der Waals surface area contributed by atoms with E-state index in [9.17, 15) is 9.59 Å². The second-order valence-corrected chi connectivity index (χ2v) is 5.13. The van der Waals surface area contributed by atoms with Crippen molar-refractivity contribution >= 4 is 17.6 Å². The van der Waals surface area contributed by atoms with Crippen molar-refractivity contribution in [1.29, 1.82) is 0 Å². The Bertz CT molecular complexity index is 468. The molecule has 1 aromatic rings. The fourth-order valence-corrected chi connectivity index (χ4v) is 1.53. The molecular formula is C11H15N3O2. The van der Waals surface area contributed by atoms with Crippen LogP contribution in [0.2, 0.25) is 0 Å². The van der Waals surface area contributed by atoms with E-state index in [2.05, 4.69) is 10.4 Å². The lowest BCUT2D eigenvalue weighted by Crippen LogP contribution is -2.38. The molecule has 16 heavy (non-hydrogen) atoms. The SMILES string of the molecule is CC1C(=O)Nc2cc(C(C)(C)C)nn2C1=O. The maximum absolute atomic E-state index is 11.8. The fourth-order valence-electron chi connectivity index (χ4n) is 1.53. The highest BCUT2D eigenvalue weighted by atomic mass is 16.2. The zero-order valence-electron chi connectivity index (χ0n) is 9.87. The minimum atomic E-state index is -0.666. The number of nitrogens with zero attached hydrogens (tertiary/aromatic N) is 2. The molecule has 5 nitrogen and oxygen atoms in total. The van der Waals surface area contributed by atoms with E-state index in [0.29, 0.717) is 5.82 Å². The third-order valence-corrected chi connectivity index (χ3v) is 2.70. The highest BCUT2D eigenvalue weighted by molar-refractivity contribution is 6.10. The Morgan fingerprint density at radius 1 is 1.38 bits per heavy atom. The van der Waals surface area contributed by atoms with Crippen LogP contribution in [0.25, 0.3) is 0 Å². The molecule has 86 valence electrons. The molecule has 1 N–H and O–H groups in total. The van der Waals surface area contributed by atoms with Crippen molar-refractivity contribution in [1.82, 2.24) is 9.78 Å². The molecule has 2 rings (SSSR count). The first-order chi connectivity index (χ1) is 7.30. The van der Waals surface area contributed by atoms with Crippen LogP contribution in [-0.4, -0.2) is 21.6 Å². The van der Waals surface area contributed by atoms with Gasteiger partial charge in [0.25, 0.3) is 5.91 Å². The first-order valence-corrected chi connectivity index (χ1v) is 5.26. The number of carbonyl (C=O) groups excluding carboxylic acids is 2. The van der Waals surface area contributed by atoms with Gasteiger partial charge in [0.2, 0.25) is 5.91 Å². The number of amides is 1. The van der Waals surface area contributed by atoms with Gasteiger partial charge in [-0.3, -0.25) is 9.59 Å². The van der Waals surface area contributed by atoms with Gasteiger partial charge in [-0.2, -0.15) is 9.78 Å². The van der Waals surface area contributed by atoms with E-state index in [1.54, 1.807) is 13.0 Å². The summed E-state index contributed by atoms with van der Waals surface area (Å²) in [4.78, 5) is 23.3. The lowest BCUT2D eigenvalue weighted by molar-refractivity contribution is -0.118. The third kappa shape index (κ3) is 1.52. The van der Waals surface area contributed by atoms with Crippen molar-refractivity contribution in [2.24, 2.45) is 5.92 Å². The van der Waals surface area contributed by atoms with E-state index < -0.39 is 5.92 Å². The molecule has 0 saturated heterocycles. The summed E-state index contributed by atoms with van der Waals surface area (Å²) in [6.45, 7) is 7.62. The molecule has 1 aliphatic heterocycles. The molecule has 1 atom stereocenters. The summed E-state index contributed by atoms with van der Waals surface area (Å²) in [7, 11) is 0. The van der Waals surface area contributed by atoms with Gasteiger partial charge in [-0.05, 0) is 6.92 Å². The highest BCUT2D eigenvalue weighted by Gasteiger charge is 2.33. The second kappa shape index (κ2) is 3.17. The average Bonchev–Trinajstić information content (AvgIpc) is 2.57. The number of hydrogen-bond donors (Lipinski definition) is 1. The van der Waals surface area contributed by atoms with E-state index in [4.69, 9.17) is 0 Å². The Balaban J connectivity index is 2.50. The summed E-state index contributed by atoms with van der Waals surface area (Å²) in [5, 5.41) is 6.91. The van der Waals surface area contributed by atoms with Crippen molar-refractivity contribution in [2.45, 2.75) is 33.1 Å². The summed E-state index contributed by atoms with van der Waals surface area (Å²) >= 11 is 0. The quantitative estimate of drug-likeness (QED) is 0.674. The van der Waals surface area contributed by atoms with E-state index in [0.717, 1.165) is 5.69 Å². The van der Waals surface area contributed by atoms with E-state index >= 15 is 0 Å². The first kappa shape index (κ1) is 10.9. The maximum atomic E-state index is 11.8. The lowest BCUT2D eigenvalue weighted by Gasteiger charge is -2.18. The summed E-state index contributed by atoms with van der Waals surface area (Å²) < 4.78 is 1.28. The summed E-state index contributed by atoms with van der Waals surface area (Å²) in [5.74, 6) is -0.731. The summed E-state index contributed by atoms with van der Waals surface area (Å²) in [6.07, 6.45) is 0. The zero-order chi connectivity index (χ0) is 12.1. The molecule has 1 aliphatic rings. The van der Waals surface area contributed by atoms with Gasteiger partial charge in [0.15, 0.2) is 0 Å². The predicted octanol–water partition coefficient (Wildman–Crippen LogP) is 1.41. The maximum Gasteiger partial charge on any atom is 0.261 e. The summed E-state index contributed by atoms with van der Waals surface area (Å²) in [6, 6.07) is 1.75. The third-order valence-electron chi connectivity index (χ3n) is 2.70. The molecular weight excluding hydrogens is 206 g/mol. The van der Waals surface area contributed by atoms with Gasteiger partial charge in [-0.1, -0.05) is 20.8 Å². The lowest BCUT2D eigenvalue weighted by atomic mass is 9.92. The van der Waals surface area contributed by atoms with Gasteiger partial charge < -0.3 is 5.32 Å². The molecule has 0 aliphatic carbocycles. The van der Waals surface area contributed by atoms with Gasteiger partial charge in [-0.15, -0.1) is 0 Å². The van der Waals surface area contributed by atoms with E-state index in [-0.39, 0.29) is 17.2 Å². The van der Waals surface area contributed by atoms with Crippen molar-refractivity contribution < 1.29 is 9.59 Å². The monoisotopic (exact) mass is 221 g/mol. The zero-order valence-corrected chi connectivity index (χ0v) is 9.87. The Hall–Kier alpha value is -1.65. The smallest absolute Gasteiger partial charge is 0.261 e. The van der Waals surface area contributed by atoms with Crippen molar-refractivity contribution in [3.63, 3.8) is 0 Å². The number of carbonyl (C=O) groups is 2. The molecule has 0 radical (unpaired) electrons. The standard InChI is InChI=1S/C11H15N3O2/c1-6-9(15)12-8-5-7(11(2,3)4)13-14(8)10(6)16/h5-6H,1-4H3,(H,12,15). The Labute approximate surface area is 93.8 Å². The fraction of sp³-hybridized carbons (Fsp3) is 0.545. The van der Waals surface area contributed by atoms with Gasteiger partial charge in [0.1, 0.15) is 11.7 Å². The summed E-state index contributed by atoms with van der Waals surface area (Å²) in [5.41, 5.74) is 0.656. The van der Waals surface area contributed by atoms with Crippen LogP contribution in [-0.2, 0) is 10.2 Å². The Morgan fingerprint density at radius 2 is 2.00 bits per heavy atom. The highest BCUT2D eigenvalue weighted by Crippen LogP contribution is 2.26.